The molecule has 1 heterocycles. The summed E-state index contributed by atoms with van der Waals surface area (Å²) in [5.74, 6) is 0. The maximum atomic E-state index is 10.1. The zero-order chi connectivity index (χ0) is 20.5. The van der Waals surface area contributed by atoms with Crippen molar-refractivity contribution >= 4 is 0 Å². The molecule has 0 bridgehead atoms. The standard InChI is InChI=1S/C24H50N2O2/c1-4-5-6-7-8-9-10-11-12-13-14-15-16-17-24(27)28-23(2)22-26-20-18-25(3)19-21-26/h23-24,27H,4-22H2,1-3H3. The van der Waals surface area contributed by atoms with Crippen LogP contribution >= 0.6 is 0 Å². The average molecular weight is 399 g/mol. The summed E-state index contributed by atoms with van der Waals surface area (Å²) in [4.78, 5) is 4.81. The molecule has 1 fully saturated rings. The predicted octanol–water partition coefficient (Wildman–Crippen LogP) is 5.44. The van der Waals surface area contributed by atoms with Gasteiger partial charge < -0.3 is 14.7 Å². The Labute approximate surface area is 176 Å². The molecule has 0 aliphatic carbocycles. The molecule has 4 heteroatoms. The molecule has 0 aromatic heterocycles. The zero-order valence-corrected chi connectivity index (χ0v) is 19.3. The molecule has 0 aromatic rings. The number of rotatable bonds is 18. The van der Waals surface area contributed by atoms with Crippen LogP contribution in [0.5, 0.6) is 0 Å². The van der Waals surface area contributed by atoms with E-state index in [1.165, 1.54) is 77.0 Å². The smallest absolute Gasteiger partial charge is 0.154 e. The van der Waals surface area contributed by atoms with E-state index in [0.29, 0.717) is 0 Å². The van der Waals surface area contributed by atoms with Gasteiger partial charge in [-0.15, -0.1) is 0 Å². The number of aliphatic hydroxyl groups is 1. The van der Waals surface area contributed by atoms with Gasteiger partial charge in [0.25, 0.3) is 0 Å². The Bertz CT molecular complexity index is 333. The molecule has 1 rings (SSSR count). The first-order valence-corrected chi connectivity index (χ1v) is 12.4. The molecule has 1 aliphatic heterocycles. The van der Waals surface area contributed by atoms with Crippen molar-refractivity contribution < 1.29 is 9.84 Å². The summed E-state index contributed by atoms with van der Waals surface area (Å²) < 4.78 is 5.79. The van der Waals surface area contributed by atoms with Crippen LogP contribution in [0.1, 0.15) is 104 Å². The summed E-state index contributed by atoms with van der Waals surface area (Å²) in [5, 5.41) is 10.1. The normalized spacial score (nSPS) is 18.4. The fourth-order valence-corrected chi connectivity index (χ4v) is 4.11. The Morgan fingerprint density at radius 3 is 1.71 bits per heavy atom. The number of hydrogen-bond donors (Lipinski definition) is 1. The first-order valence-electron chi connectivity index (χ1n) is 12.4. The molecule has 28 heavy (non-hydrogen) atoms. The first kappa shape index (κ1) is 25.9. The number of ether oxygens (including phenoxy) is 1. The molecule has 0 aromatic carbocycles. The van der Waals surface area contributed by atoms with Gasteiger partial charge in [-0.25, -0.2) is 0 Å². The third kappa shape index (κ3) is 14.8. The second-order valence-electron chi connectivity index (χ2n) is 9.04. The highest BCUT2D eigenvalue weighted by molar-refractivity contribution is 4.71. The van der Waals surface area contributed by atoms with E-state index in [4.69, 9.17) is 4.74 Å². The fourth-order valence-electron chi connectivity index (χ4n) is 4.11. The van der Waals surface area contributed by atoms with E-state index in [1.807, 2.05) is 0 Å². The van der Waals surface area contributed by atoms with Gasteiger partial charge in [-0.2, -0.15) is 0 Å². The van der Waals surface area contributed by atoms with Gasteiger partial charge in [0.2, 0.25) is 0 Å². The van der Waals surface area contributed by atoms with Gasteiger partial charge in [-0.1, -0.05) is 84.0 Å². The highest BCUT2D eigenvalue weighted by Gasteiger charge is 2.18. The second kappa shape index (κ2) is 17.7. The Balaban J connectivity index is 1.84. The Kier molecular flexibility index (Phi) is 16.3. The van der Waals surface area contributed by atoms with Crippen molar-refractivity contribution in [2.45, 2.75) is 116 Å². The van der Waals surface area contributed by atoms with Crippen LogP contribution in [0.3, 0.4) is 0 Å². The van der Waals surface area contributed by atoms with Gasteiger partial charge >= 0.3 is 0 Å². The lowest BCUT2D eigenvalue weighted by Gasteiger charge is -2.34. The number of nitrogens with zero attached hydrogens (tertiary/aromatic N) is 2. The SMILES string of the molecule is CCCCCCCCCCCCCCCC(O)OC(C)CN1CCN(C)CC1. The summed E-state index contributed by atoms with van der Waals surface area (Å²) in [6, 6.07) is 0. The molecular weight excluding hydrogens is 348 g/mol. The first-order chi connectivity index (χ1) is 13.6. The van der Waals surface area contributed by atoms with E-state index in [2.05, 4.69) is 30.7 Å². The molecule has 0 amide bonds. The Hall–Kier alpha value is -0.160. The van der Waals surface area contributed by atoms with Gasteiger partial charge in [0.1, 0.15) is 0 Å². The summed E-state index contributed by atoms with van der Waals surface area (Å²) in [7, 11) is 2.18. The van der Waals surface area contributed by atoms with Crippen molar-refractivity contribution in [1.82, 2.24) is 9.80 Å². The summed E-state index contributed by atoms with van der Waals surface area (Å²) in [6.45, 7) is 9.79. The van der Waals surface area contributed by atoms with Gasteiger partial charge in [0, 0.05) is 32.7 Å². The van der Waals surface area contributed by atoms with E-state index in [-0.39, 0.29) is 6.10 Å². The third-order valence-electron chi connectivity index (χ3n) is 6.06. The zero-order valence-electron chi connectivity index (χ0n) is 19.3. The van der Waals surface area contributed by atoms with Crippen LogP contribution in [-0.2, 0) is 4.74 Å². The van der Waals surface area contributed by atoms with Gasteiger partial charge in [0.15, 0.2) is 6.29 Å². The van der Waals surface area contributed by atoms with Gasteiger partial charge in [-0.05, 0) is 26.8 Å². The Morgan fingerprint density at radius 2 is 1.21 bits per heavy atom. The van der Waals surface area contributed by atoms with Gasteiger partial charge in [0.05, 0.1) is 6.10 Å². The summed E-state index contributed by atoms with van der Waals surface area (Å²) in [6.07, 6.45) is 18.0. The number of likely N-dealkylation sites (N-methyl/N-ethyl adjacent to an activating group) is 1. The van der Waals surface area contributed by atoms with Crippen LogP contribution in [0.15, 0.2) is 0 Å². The molecule has 0 saturated carbocycles. The van der Waals surface area contributed by atoms with E-state index in [0.717, 1.165) is 45.6 Å². The second-order valence-corrected chi connectivity index (χ2v) is 9.04. The fraction of sp³-hybridized carbons (Fsp3) is 1.00. The lowest BCUT2D eigenvalue weighted by atomic mass is 10.0. The van der Waals surface area contributed by atoms with E-state index < -0.39 is 6.29 Å². The van der Waals surface area contributed by atoms with Crippen molar-refractivity contribution in [2.24, 2.45) is 0 Å². The summed E-state index contributed by atoms with van der Waals surface area (Å²) in [5.41, 5.74) is 0. The quantitative estimate of drug-likeness (QED) is 0.246. The van der Waals surface area contributed by atoms with Crippen LogP contribution < -0.4 is 0 Å². The minimum atomic E-state index is -0.588. The number of hydrogen-bond acceptors (Lipinski definition) is 4. The molecule has 1 aliphatic rings. The van der Waals surface area contributed by atoms with Crippen LogP contribution in [0.25, 0.3) is 0 Å². The predicted molar refractivity (Wildman–Crippen MR) is 121 cm³/mol. The minimum absolute atomic E-state index is 0.111. The molecule has 2 atom stereocenters. The molecule has 4 nitrogen and oxygen atoms in total. The monoisotopic (exact) mass is 398 g/mol. The highest BCUT2D eigenvalue weighted by atomic mass is 16.6. The van der Waals surface area contributed by atoms with Crippen molar-refractivity contribution in [3.63, 3.8) is 0 Å². The molecule has 1 N–H and O–H groups in total. The number of unbranched alkanes of at least 4 members (excludes halogenated alkanes) is 12. The van der Waals surface area contributed by atoms with Crippen molar-refractivity contribution in [1.29, 1.82) is 0 Å². The summed E-state index contributed by atoms with van der Waals surface area (Å²) >= 11 is 0. The van der Waals surface area contributed by atoms with Crippen molar-refractivity contribution in [2.75, 3.05) is 39.8 Å². The lowest BCUT2D eigenvalue weighted by molar-refractivity contribution is -0.140. The van der Waals surface area contributed by atoms with Gasteiger partial charge in [-0.3, -0.25) is 4.90 Å². The molecule has 168 valence electrons. The van der Waals surface area contributed by atoms with E-state index >= 15 is 0 Å². The van der Waals surface area contributed by atoms with Crippen LogP contribution in [0.4, 0.5) is 0 Å². The molecular formula is C24H50N2O2. The molecule has 0 radical (unpaired) electrons. The van der Waals surface area contributed by atoms with Crippen molar-refractivity contribution in [3.8, 4) is 0 Å². The largest absolute Gasteiger partial charge is 0.368 e. The highest BCUT2D eigenvalue weighted by Crippen LogP contribution is 2.14. The van der Waals surface area contributed by atoms with E-state index in [1.54, 1.807) is 0 Å². The minimum Gasteiger partial charge on any atom is -0.368 e. The van der Waals surface area contributed by atoms with Crippen LogP contribution in [-0.4, -0.2) is 67.1 Å². The Morgan fingerprint density at radius 1 is 0.750 bits per heavy atom. The maximum absolute atomic E-state index is 10.1. The molecule has 1 saturated heterocycles. The lowest BCUT2D eigenvalue weighted by Crippen LogP contribution is -2.47. The topological polar surface area (TPSA) is 35.9 Å². The average Bonchev–Trinajstić information content (AvgIpc) is 2.67. The van der Waals surface area contributed by atoms with E-state index in [9.17, 15) is 5.11 Å². The number of piperazine rings is 1. The maximum Gasteiger partial charge on any atom is 0.154 e. The third-order valence-corrected chi connectivity index (χ3v) is 6.06. The number of aliphatic hydroxyl groups excluding tert-OH is 1. The molecule has 2 unspecified atom stereocenters. The van der Waals surface area contributed by atoms with Crippen LogP contribution in [0.2, 0.25) is 0 Å². The molecule has 0 spiro atoms. The van der Waals surface area contributed by atoms with Crippen molar-refractivity contribution in [3.05, 3.63) is 0 Å². The van der Waals surface area contributed by atoms with Crippen LogP contribution in [0, 0.1) is 0 Å².